The van der Waals surface area contributed by atoms with E-state index in [1.807, 2.05) is 24.3 Å². The van der Waals surface area contributed by atoms with Gasteiger partial charge in [0.2, 0.25) is 0 Å². The lowest BCUT2D eigenvalue weighted by Gasteiger charge is -2.06. The SMILES string of the molecule is CC(O)c1ccc(SCc2ccc(F)c(Cl)c2)cc1. The third-order valence-corrected chi connectivity index (χ3v) is 4.12. The third kappa shape index (κ3) is 3.96. The number of halogens is 2. The average Bonchev–Trinajstić information content (AvgIpc) is 2.40. The van der Waals surface area contributed by atoms with Crippen molar-refractivity contribution in [3.63, 3.8) is 0 Å². The van der Waals surface area contributed by atoms with Crippen LogP contribution in [0.1, 0.15) is 24.2 Å². The van der Waals surface area contributed by atoms with Crippen LogP contribution in [0.3, 0.4) is 0 Å². The fraction of sp³-hybridized carbons (Fsp3) is 0.200. The van der Waals surface area contributed by atoms with Crippen molar-refractivity contribution in [3.05, 3.63) is 64.4 Å². The predicted octanol–water partition coefficient (Wildman–Crippen LogP) is 4.82. The standard InChI is InChI=1S/C15H14ClFOS/c1-10(18)12-3-5-13(6-4-12)19-9-11-2-7-15(17)14(16)8-11/h2-8,10,18H,9H2,1H3. The maximum Gasteiger partial charge on any atom is 0.141 e. The smallest absolute Gasteiger partial charge is 0.141 e. The molecule has 0 fully saturated rings. The first-order valence-corrected chi connectivity index (χ1v) is 7.27. The van der Waals surface area contributed by atoms with Crippen molar-refractivity contribution in [3.8, 4) is 0 Å². The van der Waals surface area contributed by atoms with Gasteiger partial charge >= 0.3 is 0 Å². The first-order chi connectivity index (χ1) is 9.06. The van der Waals surface area contributed by atoms with Gasteiger partial charge in [-0.1, -0.05) is 29.8 Å². The van der Waals surface area contributed by atoms with E-state index in [9.17, 15) is 9.50 Å². The van der Waals surface area contributed by atoms with Crippen LogP contribution < -0.4 is 0 Å². The topological polar surface area (TPSA) is 20.2 Å². The molecular formula is C15H14ClFOS. The Labute approximate surface area is 121 Å². The van der Waals surface area contributed by atoms with Crippen LogP contribution in [0.25, 0.3) is 0 Å². The minimum absolute atomic E-state index is 0.155. The highest BCUT2D eigenvalue weighted by molar-refractivity contribution is 7.98. The van der Waals surface area contributed by atoms with Crippen molar-refractivity contribution in [2.45, 2.75) is 23.7 Å². The molecule has 0 saturated heterocycles. The minimum atomic E-state index is -0.449. The quantitative estimate of drug-likeness (QED) is 0.816. The second-order valence-corrected chi connectivity index (χ2v) is 5.74. The minimum Gasteiger partial charge on any atom is -0.389 e. The summed E-state index contributed by atoms with van der Waals surface area (Å²) >= 11 is 7.38. The highest BCUT2D eigenvalue weighted by atomic mass is 35.5. The van der Waals surface area contributed by atoms with E-state index in [4.69, 9.17) is 11.6 Å². The van der Waals surface area contributed by atoms with Crippen molar-refractivity contribution in [1.29, 1.82) is 0 Å². The van der Waals surface area contributed by atoms with Gasteiger partial charge in [-0.25, -0.2) is 4.39 Å². The molecule has 0 aliphatic rings. The van der Waals surface area contributed by atoms with Gasteiger partial charge in [0.05, 0.1) is 11.1 Å². The Hall–Kier alpha value is -1.03. The molecule has 1 atom stereocenters. The Bertz CT molecular complexity index is 555. The van der Waals surface area contributed by atoms with Gasteiger partial charge in [0.25, 0.3) is 0 Å². The molecule has 0 saturated carbocycles. The van der Waals surface area contributed by atoms with E-state index in [-0.39, 0.29) is 5.02 Å². The summed E-state index contributed by atoms with van der Waals surface area (Å²) in [5.41, 5.74) is 1.88. The molecule has 1 nitrogen and oxygen atoms in total. The van der Waals surface area contributed by atoms with Crippen LogP contribution in [-0.2, 0) is 5.75 Å². The summed E-state index contributed by atoms with van der Waals surface area (Å²) < 4.78 is 13.0. The number of hydrogen-bond acceptors (Lipinski definition) is 2. The number of aliphatic hydroxyl groups is 1. The van der Waals surface area contributed by atoms with Crippen molar-refractivity contribution < 1.29 is 9.50 Å². The van der Waals surface area contributed by atoms with E-state index in [0.717, 1.165) is 21.8 Å². The molecule has 0 amide bonds. The normalized spacial score (nSPS) is 12.4. The van der Waals surface area contributed by atoms with Crippen LogP contribution in [-0.4, -0.2) is 5.11 Å². The third-order valence-electron chi connectivity index (χ3n) is 2.75. The zero-order chi connectivity index (χ0) is 13.8. The van der Waals surface area contributed by atoms with Crippen molar-refractivity contribution in [2.75, 3.05) is 0 Å². The predicted molar refractivity (Wildman–Crippen MR) is 78.0 cm³/mol. The van der Waals surface area contributed by atoms with Crippen LogP contribution in [0.15, 0.2) is 47.4 Å². The monoisotopic (exact) mass is 296 g/mol. The molecule has 4 heteroatoms. The molecule has 0 aromatic heterocycles. The number of thioether (sulfide) groups is 1. The van der Waals surface area contributed by atoms with Crippen LogP contribution in [0.5, 0.6) is 0 Å². The Balaban J connectivity index is 2.00. The fourth-order valence-electron chi connectivity index (χ4n) is 1.64. The number of hydrogen-bond donors (Lipinski definition) is 1. The fourth-order valence-corrected chi connectivity index (χ4v) is 2.68. The largest absolute Gasteiger partial charge is 0.389 e. The van der Waals surface area contributed by atoms with Crippen LogP contribution in [0.2, 0.25) is 5.02 Å². The van der Waals surface area contributed by atoms with Crippen LogP contribution >= 0.6 is 23.4 Å². The average molecular weight is 297 g/mol. The van der Waals surface area contributed by atoms with Crippen molar-refractivity contribution in [2.24, 2.45) is 0 Å². The van der Waals surface area contributed by atoms with E-state index in [0.29, 0.717) is 0 Å². The second kappa shape index (κ2) is 6.42. The van der Waals surface area contributed by atoms with Gasteiger partial charge in [-0.3, -0.25) is 0 Å². The zero-order valence-electron chi connectivity index (χ0n) is 10.4. The van der Waals surface area contributed by atoms with Gasteiger partial charge in [0.15, 0.2) is 0 Å². The molecule has 0 heterocycles. The van der Waals surface area contributed by atoms with Crippen molar-refractivity contribution in [1.82, 2.24) is 0 Å². The Morgan fingerprint density at radius 3 is 2.47 bits per heavy atom. The molecule has 1 unspecified atom stereocenters. The lowest BCUT2D eigenvalue weighted by atomic mass is 10.1. The number of aliphatic hydroxyl groups excluding tert-OH is 1. The zero-order valence-corrected chi connectivity index (χ0v) is 12.0. The molecule has 19 heavy (non-hydrogen) atoms. The van der Waals surface area contributed by atoms with Gasteiger partial charge in [-0.15, -0.1) is 11.8 Å². The molecule has 0 aliphatic carbocycles. The second-order valence-electron chi connectivity index (χ2n) is 4.28. The van der Waals surface area contributed by atoms with Gasteiger partial charge < -0.3 is 5.11 Å². The molecule has 2 rings (SSSR count). The molecule has 2 aromatic rings. The van der Waals surface area contributed by atoms with Gasteiger partial charge in [-0.05, 0) is 42.3 Å². The van der Waals surface area contributed by atoms with Gasteiger partial charge in [-0.2, -0.15) is 0 Å². The highest BCUT2D eigenvalue weighted by Gasteiger charge is 2.03. The summed E-state index contributed by atoms with van der Waals surface area (Å²) in [6.07, 6.45) is -0.449. The Morgan fingerprint density at radius 2 is 1.89 bits per heavy atom. The van der Waals surface area contributed by atoms with E-state index in [1.54, 1.807) is 30.8 Å². The summed E-state index contributed by atoms with van der Waals surface area (Å²) in [5.74, 6) is 0.338. The lowest BCUT2D eigenvalue weighted by Crippen LogP contribution is -1.89. The van der Waals surface area contributed by atoms with Crippen LogP contribution in [0, 0.1) is 5.82 Å². The number of rotatable bonds is 4. The summed E-state index contributed by atoms with van der Waals surface area (Å²) in [5, 5.41) is 9.58. The summed E-state index contributed by atoms with van der Waals surface area (Å²) in [6, 6.07) is 12.5. The molecule has 0 aliphatic heterocycles. The first-order valence-electron chi connectivity index (χ1n) is 5.91. The maximum atomic E-state index is 13.0. The van der Waals surface area contributed by atoms with Crippen LogP contribution in [0.4, 0.5) is 4.39 Å². The summed E-state index contributed by atoms with van der Waals surface area (Å²) in [7, 11) is 0. The first kappa shape index (κ1) is 14.4. The molecule has 0 radical (unpaired) electrons. The molecule has 1 N–H and O–H groups in total. The van der Waals surface area contributed by atoms with Gasteiger partial charge in [0.1, 0.15) is 5.82 Å². The molecule has 0 bridgehead atoms. The Morgan fingerprint density at radius 1 is 1.21 bits per heavy atom. The highest BCUT2D eigenvalue weighted by Crippen LogP contribution is 2.26. The maximum absolute atomic E-state index is 13.0. The van der Waals surface area contributed by atoms with E-state index in [2.05, 4.69) is 0 Å². The lowest BCUT2D eigenvalue weighted by molar-refractivity contribution is 0.199. The molecule has 2 aromatic carbocycles. The van der Waals surface area contributed by atoms with Crippen molar-refractivity contribution >= 4 is 23.4 Å². The van der Waals surface area contributed by atoms with E-state index < -0.39 is 11.9 Å². The Kier molecular flexibility index (Phi) is 4.86. The van der Waals surface area contributed by atoms with E-state index in [1.165, 1.54) is 6.07 Å². The summed E-state index contributed by atoms with van der Waals surface area (Å²) in [6.45, 7) is 1.74. The molecule has 100 valence electrons. The molecule has 0 spiro atoms. The molecular weight excluding hydrogens is 283 g/mol. The number of benzene rings is 2. The van der Waals surface area contributed by atoms with E-state index >= 15 is 0 Å². The summed E-state index contributed by atoms with van der Waals surface area (Å²) in [4.78, 5) is 1.10. The van der Waals surface area contributed by atoms with Gasteiger partial charge in [0, 0.05) is 10.6 Å².